The van der Waals surface area contributed by atoms with E-state index in [1.54, 1.807) is 6.92 Å². The van der Waals surface area contributed by atoms with Gasteiger partial charge in [-0.2, -0.15) is 0 Å². The molecule has 0 saturated carbocycles. The summed E-state index contributed by atoms with van der Waals surface area (Å²) in [4.78, 5) is 11.3. The lowest BCUT2D eigenvalue weighted by Gasteiger charge is -2.25. The van der Waals surface area contributed by atoms with Gasteiger partial charge in [0.1, 0.15) is 0 Å². The van der Waals surface area contributed by atoms with E-state index in [9.17, 15) is 9.90 Å². The number of carbonyl (C=O) groups excluding carboxylic acids is 1. The van der Waals surface area contributed by atoms with Gasteiger partial charge in [-0.1, -0.05) is 19.4 Å². The third-order valence-electron chi connectivity index (χ3n) is 1.91. The van der Waals surface area contributed by atoms with E-state index in [1.165, 1.54) is 6.08 Å². The molecule has 0 bridgehead atoms. The molecule has 0 spiro atoms. The molecule has 2 N–H and O–H groups in total. The quantitative estimate of drug-likeness (QED) is 0.685. The Morgan fingerprint density at radius 1 is 1.47 bits per heavy atom. The first-order chi connectivity index (χ1) is 6.73. The second-order valence-electron chi connectivity index (χ2n) is 5.03. The summed E-state index contributed by atoms with van der Waals surface area (Å²) in [5.41, 5.74) is 0.135. The molecular formula is C12H23NO2. The Morgan fingerprint density at radius 2 is 2.00 bits per heavy atom. The average molecular weight is 213 g/mol. The van der Waals surface area contributed by atoms with Crippen molar-refractivity contribution in [2.24, 2.45) is 5.92 Å². The Balaban J connectivity index is 4.04. The summed E-state index contributed by atoms with van der Waals surface area (Å²) < 4.78 is 0. The maximum Gasteiger partial charge on any atom is 0.244 e. The highest BCUT2D eigenvalue weighted by molar-refractivity contribution is 5.88. The van der Waals surface area contributed by atoms with Gasteiger partial charge < -0.3 is 10.4 Å². The highest BCUT2D eigenvalue weighted by Crippen LogP contribution is 2.14. The molecule has 15 heavy (non-hydrogen) atoms. The fourth-order valence-corrected chi connectivity index (χ4v) is 1.54. The van der Waals surface area contributed by atoms with Crippen molar-refractivity contribution < 1.29 is 9.90 Å². The monoisotopic (exact) mass is 213 g/mol. The predicted molar refractivity (Wildman–Crippen MR) is 62.5 cm³/mol. The molecule has 0 rings (SSSR count). The zero-order valence-electron chi connectivity index (χ0n) is 10.4. The van der Waals surface area contributed by atoms with Gasteiger partial charge in [-0.05, 0) is 33.1 Å². The van der Waals surface area contributed by atoms with Gasteiger partial charge in [-0.15, -0.1) is 0 Å². The summed E-state index contributed by atoms with van der Waals surface area (Å²) in [6.45, 7) is 9.88. The fourth-order valence-electron chi connectivity index (χ4n) is 1.54. The van der Waals surface area contributed by atoms with Gasteiger partial charge in [0.05, 0.1) is 5.60 Å². The molecule has 0 radical (unpaired) electrons. The van der Waals surface area contributed by atoms with Crippen LogP contribution >= 0.6 is 0 Å². The van der Waals surface area contributed by atoms with Crippen LogP contribution < -0.4 is 5.32 Å². The number of aliphatic hydroxyl groups is 1. The van der Waals surface area contributed by atoms with Crippen LogP contribution in [0, 0.1) is 5.92 Å². The third-order valence-corrected chi connectivity index (χ3v) is 1.91. The van der Waals surface area contributed by atoms with E-state index in [1.807, 2.05) is 27.7 Å². The SMILES string of the molecule is CC(C)=CC(=O)NCC(C)(O)CC(C)C. The molecular weight excluding hydrogens is 190 g/mol. The van der Waals surface area contributed by atoms with Crippen molar-refractivity contribution in [3.63, 3.8) is 0 Å². The van der Waals surface area contributed by atoms with Crippen LogP contribution in [-0.4, -0.2) is 23.2 Å². The normalized spacial score (nSPS) is 14.6. The first kappa shape index (κ1) is 14.2. The Labute approximate surface area is 92.6 Å². The topological polar surface area (TPSA) is 49.3 Å². The number of amides is 1. The Morgan fingerprint density at radius 3 is 2.40 bits per heavy atom. The van der Waals surface area contributed by atoms with Crippen LogP contribution in [0.1, 0.15) is 41.0 Å². The van der Waals surface area contributed by atoms with Crippen LogP contribution in [0.15, 0.2) is 11.6 Å². The summed E-state index contributed by atoms with van der Waals surface area (Å²) in [6, 6.07) is 0. The fraction of sp³-hybridized carbons (Fsp3) is 0.750. The van der Waals surface area contributed by atoms with Crippen molar-refractivity contribution in [1.82, 2.24) is 5.32 Å². The van der Waals surface area contributed by atoms with Gasteiger partial charge in [0.25, 0.3) is 0 Å². The van der Waals surface area contributed by atoms with Crippen molar-refractivity contribution in [3.8, 4) is 0 Å². The second-order valence-corrected chi connectivity index (χ2v) is 5.03. The summed E-state index contributed by atoms with van der Waals surface area (Å²) >= 11 is 0. The molecule has 1 unspecified atom stereocenters. The lowest BCUT2D eigenvalue weighted by atomic mass is 9.94. The molecule has 0 fully saturated rings. The summed E-state index contributed by atoms with van der Waals surface area (Å²) in [7, 11) is 0. The van der Waals surface area contributed by atoms with Crippen molar-refractivity contribution in [3.05, 3.63) is 11.6 Å². The van der Waals surface area contributed by atoms with E-state index in [-0.39, 0.29) is 5.91 Å². The van der Waals surface area contributed by atoms with Crippen LogP contribution in [0.5, 0.6) is 0 Å². The molecule has 0 aromatic carbocycles. The standard InChI is InChI=1S/C12H23NO2/c1-9(2)6-11(14)13-8-12(5,15)7-10(3)4/h6,10,15H,7-8H2,1-5H3,(H,13,14). The van der Waals surface area contributed by atoms with Gasteiger partial charge in [0, 0.05) is 12.6 Å². The summed E-state index contributed by atoms with van der Waals surface area (Å²) in [5, 5.41) is 12.6. The van der Waals surface area contributed by atoms with E-state index >= 15 is 0 Å². The molecule has 0 aromatic heterocycles. The molecule has 1 amide bonds. The number of rotatable bonds is 5. The molecule has 0 aromatic rings. The van der Waals surface area contributed by atoms with Crippen LogP contribution in [0.4, 0.5) is 0 Å². The van der Waals surface area contributed by atoms with E-state index in [0.717, 1.165) is 5.57 Å². The molecule has 1 atom stereocenters. The first-order valence-electron chi connectivity index (χ1n) is 5.38. The van der Waals surface area contributed by atoms with Gasteiger partial charge in [0.2, 0.25) is 5.91 Å². The second kappa shape index (κ2) is 5.91. The maximum absolute atomic E-state index is 11.3. The van der Waals surface area contributed by atoms with Gasteiger partial charge in [-0.25, -0.2) is 0 Å². The number of allylic oxidation sites excluding steroid dienone is 1. The Kier molecular flexibility index (Phi) is 5.58. The van der Waals surface area contributed by atoms with Gasteiger partial charge in [0.15, 0.2) is 0 Å². The Hall–Kier alpha value is -0.830. The van der Waals surface area contributed by atoms with Crippen molar-refractivity contribution in [2.45, 2.75) is 46.6 Å². The molecule has 0 heterocycles. The van der Waals surface area contributed by atoms with Crippen molar-refractivity contribution in [1.29, 1.82) is 0 Å². The molecule has 0 aliphatic rings. The highest BCUT2D eigenvalue weighted by atomic mass is 16.3. The number of hydrogen-bond donors (Lipinski definition) is 2. The third kappa shape index (κ3) is 8.18. The molecule has 3 nitrogen and oxygen atoms in total. The largest absolute Gasteiger partial charge is 0.388 e. The van der Waals surface area contributed by atoms with E-state index < -0.39 is 5.60 Å². The van der Waals surface area contributed by atoms with Crippen LogP contribution in [-0.2, 0) is 4.79 Å². The molecule has 0 saturated heterocycles. The average Bonchev–Trinajstić information content (AvgIpc) is 1.97. The van der Waals surface area contributed by atoms with Crippen molar-refractivity contribution in [2.75, 3.05) is 6.54 Å². The molecule has 0 aliphatic carbocycles. The smallest absolute Gasteiger partial charge is 0.244 e. The highest BCUT2D eigenvalue weighted by Gasteiger charge is 2.21. The van der Waals surface area contributed by atoms with Gasteiger partial charge in [-0.3, -0.25) is 4.79 Å². The minimum absolute atomic E-state index is 0.140. The molecule has 88 valence electrons. The van der Waals surface area contributed by atoms with Crippen LogP contribution in [0.2, 0.25) is 0 Å². The maximum atomic E-state index is 11.3. The zero-order valence-corrected chi connectivity index (χ0v) is 10.4. The van der Waals surface area contributed by atoms with E-state index in [0.29, 0.717) is 18.9 Å². The minimum Gasteiger partial charge on any atom is -0.388 e. The Bertz CT molecular complexity index is 238. The van der Waals surface area contributed by atoms with Crippen molar-refractivity contribution >= 4 is 5.91 Å². The summed E-state index contributed by atoms with van der Waals surface area (Å²) in [6.07, 6.45) is 2.22. The summed E-state index contributed by atoms with van der Waals surface area (Å²) in [5.74, 6) is 0.277. The molecule has 3 heteroatoms. The molecule has 0 aliphatic heterocycles. The van der Waals surface area contributed by atoms with Gasteiger partial charge >= 0.3 is 0 Å². The van der Waals surface area contributed by atoms with E-state index in [4.69, 9.17) is 0 Å². The van der Waals surface area contributed by atoms with E-state index in [2.05, 4.69) is 5.32 Å². The lowest BCUT2D eigenvalue weighted by Crippen LogP contribution is -2.41. The number of hydrogen-bond acceptors (Lipinski definition) is 2. The number of nitrogens with one attached hydrogen (secondary N) is 1. The minimum atomic E-state index is -0.820. The van der Waals surface area contributed by atoms with Crippen LogP contribution in [0.25, 0.3) is 0 Å². The number of carbonyl (C=O) groups is 1. The predicted octanol–water partition coefficient (Wildman–Crippen LogP) is 1.87. The first-order valence-corrected chi connectivity index (χ1v) is 5.38. The lowest BCUT2D eigenvalue weighted by molar-refractivity contribution is -0.117. The van der Waals surface area contributed by atoms with Crippen LogP contribution in [0.3, 0.4) is 0 Å². The zero-order chi connectivity index (χ0) is 12.1.